The Labute approximate surface area is 169 Å². The number of nitrogens with one attached hydrogen (secondary N) is 3. The minimum Gasteiger partial charge on any atom is -0.462 e. The Kier molecular flexibility index (Phi) is 6.16. The molecule has 0 fully saturated rings. The van der Waals surface area contributed by atoms with Crippen molar-refractivity contribution in [2.24, 2.45) is 0 Å². The van der Waals surface area contributed by atoms with Gasteiger partial charge < -0.3 is 20.0 Å². The van der Waals surface area contributed by atoms with Gasteiger partial charge in [-0.3, -0.25) is 4.79 Å². The summed E-state index contributed by atoms with van der Waals surface area (Å²) >= 11 is 0. The number of nitrogens with zero attached hydrogens (tertiary/aromatic N) is 1. The first-order chi connectivity index (χ1) is 14.0. The number of amides is 1. The fourth-order valence-corrected chi connectivity index (χ4v) is 3.36. The van der Waals surface area contributed by atoms with E-state index in [0.29, 0.717) is 34.8 Å². The third-order valence-electron chi connectivity index (χ3n) is 4.87. The molecule has 1 atom stereocenters. The summed E-state index contributed by atoms with van der Waals surface area (Å²) in [5.74, 6) is -0.0275. The molecule has 3 N–H and O–H groups in total. The van der Waals surface area contributed by atoms with Crippen molar-refractivity contribution in [3.8, 4) is 11.3 Å². The largest absolute Gasteiger partial charge is 0.462 e. The zero-order valence-corrected chi connectivity index (χ0v) is 17.1. The van der Waals surface area contributed by atoms with Crippen molar-refractivity contribution >= 4 is 11.9 Å². The number of ether oxygens (including phenoxy) is 1. The Morgan fingerprint density at radius 3 is 2.52 bits per heavy atom. The highest BCUT2D eigenvalue weighted by molar-refractivity contribution is 6.00. The second kappa shape index (κ2) is 8.77. The van der Waals surface area contributed by atoms with Crippen molar-refractivity contribution in [1.29, 1.82) is 0 Å². The van der Waals surface area contributed by atoms with Gasteiger partial charge in [0.2, 0.25) is 0 Å². The molecule has 0 saturated heterocycles. The molecular formula is C22H26N4O3. The topological polar surface area (TPSA) is 99.9 Å². The molecule has 0 aliphatic rings. The van der Waals surface area contributed by atoms with Crippen LogP contribution >= 0.6 is 0 Å². The van der Waals surface area contributed by atoms with Gasteiger partial charge >= 0.3 is 5.97 Å². The highest BCUT2D eigenvalue weighted by Gasteiger charge is 2.25. The molecule has 0 radical (unpaired) electrons. The quantitative estimate of drug-likeness (QED) is 0.526. The molecule has 7 nitrogen and oxygen atoms in total. The van der Waals surface area contributed by atoms with Crippen molar-refractivity contribution in [2.75, 3.05) is 6.61 Å². The van der Waals surface area contributed by atoms with E-state index in [2.05, 4.69) is 20.3 Å². The van der Waals surface area contributed by atoms with Crippen LogP contribution in [0.15, 0.2) is 36.5 Å². The molecule has 1 amide bonds. The molecule has 0 bridgehead atoms. The molecule has 0 spiro atoms. The molecule has 0 saturated carbocycles. The van der Waals surface area contributed by atoms with E-state index in [1.54, 1.807) is 27.0 Å². The van der Waals surface area contributed by atoms with Crippen LogP contribution in [0.3, 0.4) is 0 Å². The summed E-state index contributed by atoms with van der Waals surface area (Å²) in [6, 6.07) is 9.60. The maximum Gasteiger partial charge on any atom is 0.340 e. The Morgan fingerprint density at radius 2 is 1.86 bits per heavy atom. The van der Waals surface area contributed by atoms with E-state index in [4.69, 9.17) is 4.74 Å². The summed E-state index contributed by atoms with van der Waals surface area (Å²) < 4.78 is 5.09. The Bertz CT molecular complexity index is 1000. The lowest BCUT2D eigenvalue weighted by Crippen LogP contribution is -2.29. The lowest BCUT2D eigenvalue weighted by Gasteiger charge is -2.14. The average Bonchev–Trinajstić information content (AvgIpc) is 3.31. The van der Waals surface area contributed by atoms with Crippen LogP contribution in [0.4, 0.5) is 0 Å². The Morgan fingerprint density at radius 1 is 1.14 bits per heavy atom. The first kappa shape index (κ1) is 20.4. The van der Waals surface area contributed by atoms with Crippen molar-refractivity contribution in [3.05, 3.63) is 64.9 Å². The van der Waals surface area contributed by atoms with Gasteiger partial charge in [-0.05, 0) is 38.3 Å². The van der Waals surface area contributed by atoms with Gasteiger partial charge in [0.15, 0.2) is 0 Å². The monoisotopic (exact) mass is 394 g/mol. The Balaban J connectivity index is 1.80. The fourth-order valence-electron chi connectivity index (χ4n) is 3.36. The summed E-state index contributed by atoms with van der Waals surface area (Å²) in [5, 5.41) is 3.00. The number of carbonyl (C=O) groups is 2. The zero-order chi connectivity index (χ0) is 21.0. The van der Waals surface area contributed by atoms with E-state index in [0.717, 1.165) is 11.3 Å². The van der Waals surface area contributed by atoms with E-state index in [1.807, 2.05) is 37.3 Å². The number of hydrogen-bond donors (Lipinski definition) is 3. The number of imidazole rings is 1. The number of carbonyl (C=O) groups excluding carboxylic acids is 2. The summed E-state index contributed by atoms with van der Waals surface area (Å²) in [5.41, 5.74) is 3.89. The van der Waals surface area contributed by atoms with Crippen LogP contribution in [0, 0.1) is 13.8 Å². The van der Waals surface area contributed by atoms with E-state index in [1.165, 1.54) is 0 Å². The number of rotatable bonds is 7. The van der Waals surface area contributed by atoms with Crippen LogP contribution in [-0.4, -0.2) is 33.4 Å². The number of aryl methyl sites for hydroxylation is 1. The predicted molar refractivity (Wildman–Crippen MR) is 111 cm³/mol. The molecule has 3 rings (SSSR count). The number of benzene rings is 1. The maximum absolute atomic E-state index is 12.9. The second-order valence-electron chi connectivity index (χ2n) is 6.83. The van der Waals surface area contributed by atoms with Gasteiger partial charge in [-0.2, -0.15) is 0 Å². The predicted octanol–water partition coefficient (Wildman–Crippen LogP) is 4.08. The summed E-state index contributed by atoms with van der Waals surface area (Å²) in [7, 11) is 0. The number of aromatic nitrogens is 3. The molecule has 3 aromatic rings. The lowest BCUT2D eigenvalue weighted by molar-refractivity contribution is 0.0525. The highest BCUT2D eigenvalue weighted by Crippen LogP contribution is 2.23. The fraction of sp³-hybridized carbons (Fsp3) is 0.318. The normalized spacial score (nSPS) is 11.9. The van der Waals surface area contributed by atoms with Crippen LogP contribution < -0.4 is 5.32 Å². The van der Waals surface area contributed by atoms with Crippen LogP contribution in [0.5, 0.6) is 0 Å². The van der Waals surface area contributed by atoms with Crippen LogP contribution in [0.2, 0.25) is 0 Å². The van der Waals surface area contributed by atoms with Crippen molar-refractivity contribution in [1.82, 2.24) is 20.3 Å². The smallest absolute Gasteiger partial charge is 0.340 e. The van der Waals surface area contributed by atoms with Gasteiger partial charge in [0.1, 0.15) is 11.5 Å². The van der Waals surface area contributed by atoms with E-state index in [-0.39, 0.29) is 18.6 Å². The lowest BCUT2D eigenvalue weighted by atomic mass is 10.1. The first-order valence-corrected chi connectivity index (χ1v) is 9.73. The number of H-pyrrole nitrogens is 2. The standard InChI is InChI=1S/C22H26N4O3/c1-5-16(20-23-12-17(25-20)15-10-8-7-9-11-15)26-21(27)19-13(3)18(14(4)24-19)22(28)29-6-2/h7-12,16,24H,5-6H2,1-4H3,(H,23,25)(H,26,27). The minimum absolute atomic E-state index is 0.282. The van der Waals surface area contributed by atoms with Gasteiger partial charge in [0, 0.05) is 5.69 Å². The summed E-state index contributed by atoms with van der Waals surface area (Å²) in [4.78, 5) is 35.8. The first-order valence-electron chi connectivity index (χ1n) is 9.73. The summed E-state index contributed by atoms with van der Waals surface area (Å²) in [6.45, 7) is 7.51. The van der Waals surface area contributed by atoms with E-state index < -0.39 is 5.97 Å². The SMILES string of the molecule is CCOC(=O)c1c(C)[nH]c(C(=O)NC(CC)c2ncc(-c3ccccc3)[nH]2)c1C. The van der Waals surface area contributed by atoms with E-state index in [9.17, 15) is 9.59 Å². The molecule has 29 heavy (non-hydrogen) atoms. The van der Waals surface area contributed by atoms with Gasteiger partial charge in [0.05, 0.1) is 30.1 Å². The molecule has 1 aromatic carbocycles. The van der Waals surface area contributed by atoms with E-state index >= 15 is 0 Å². The Hall–Kier alpha value is -3.35. The molecule has 2 heterocycles. The molecule has 0 aliphatic carbocycles. The molecule has 1 unspecified atom stereocenters. The molecule has 7 heteroatoms. The second-order valence-corrected chi connectivity index (χ2v) is 6.83. The third kappa shape index (κ3) is 4.23. The molecule has 0 aliphatic heterocycles. The number of hydrogen-bond acceptors (Lipinski definition) is 4. The zero-order valence-electron chi connectivity index (χ0n) is 17.1. The molecule has 152 valence electrons. The third-order valence-corrected chi connectivity index (χ3v) is 4.87. The van der Waals surface area contributed by atoms with Gasteiger partial charge in [0.25, 0.3) is 5.91 Å². The molecular weight excluding hydrogens is 368 g/mol. The highest BCUT2D eigenvalue weighted by atomic mass is 16.5. The molecule has 2 aromatic heterocycles. The van der Waals surface area contributed by atoms with Crippen molar-refractivity contribution in [3.63, 3.8) is 0 Å². The van der Waals surface area contributed by atoms with Crippen LogP contribution in [-0.2, 0) is 4.74 Å². The number of esters is 1. The maximum atomic E-state index is 12.9. The van der Waals surface area contributed by atoms with Crippen molar-refractivity contribution < 1.29 is 14.3 Å². The van der Waals surface area contributed by atoms with Crippen molar-refractivity contribution in [2.45, 2.75) is 40.2 Å². The number of aromatic amines is 2. The summed E-state index contributed by atoms with van der Waals surface area (Å²) in [6.07, 6.45) is 2.43. The van der Waals surface area contributed by atoms with Crippen LogP contribution in [0.1, 0.15) is 64.2 Å². The van der Waals surface area contributed by atoms with Crippen LogP contribution in [0.25, 0.3) is 11.3 Å². The van der Waals surface area contributed by atoms with Gasteiger partial charge in [-0.15, -0.1) is 0 Å². The van der Waals surface area contributed by atoms with Gasteiger partial charge in [-0.25, -0.2) is 9.78 Å². The van der Waals surface area contributed by atoms with Gasteiger partial charge in [-0.1, -0.05) is 37.3 Å². The average molecular weight is 394 g/mol. The minimum atomic E-state index is -0.427.